The molecule has 1 aromatic heterocycles. The van der Waals surface area contributed by atoms with E-state index in [-0.39, 0.29) is 5.91 Å². The molecule has 19 heavy (non-hydrogen) atoms. The summed E-state index contributed by atoms with van der Waals surface area (Å²) in [6.45, 7) is 2.76. The van der Waals surface area contributed by atoms with Gasteiger partial charge in [-0.2, -0.15) is 0 Å². The maximum absolute atomic E-state index is 11.8. The summed E-state index contributed by atoms with van der Waals surface area (Å²) in [5.41, 5.74) is 8.73. The first kappa shape index (κ1) is 13.2. The van der Waals surface area contributed by atoms with Crippen molar-refractivity contribution in [2.24, 2.45) is 5.73 Å². The number of hydrogen-bond donors (Lipinski definition) is 2. The molecule has 0 spiro atoms. The van der Waals surface area contributed by atoms with Gasteiger partial charge in [0.25, 0.3) is 5.91 Å². The van der Waals surface area contributed by atoms with Crippen LogP contribution in [0.25, 0.3) is 0 Å². The SMILES string of the molecule is Cc1cnc(C(=O)NCc2cccc(CN)c2)cn1. The Kier molecular flexibility index (Phi) is 4.20. The van der Waals surface area contributed by atoms with E-state index in [4.69, 9.17) is 5.73 Å². The Morgan fingerprint density at radius 3 is 2.74 bits per heavy atom. The highest BCUT2D eigenvalue weighted by molar-refractivity contribution is 5.91. The van der Waals surface area contributed by atoms with Gasteiger partial charge >= 0.3 is 0 Å². The fourth-order valence-corrected chi connectivity index (χ4v) is 1.65. The van der Waals surface area contributed by atoms with Gasteiger partial charge in [-0.1, -0.05) is 24.3 Å². The molecular formula is C14H16N4O. The molecular weight excluding hydrogens is 240 g/mol. The molecule has 0 fully saturated rings. The standard InChI is InChI=1S/C14H16N4O/c1-10-7-17-13(9-16-10)14(19)18-8-12-4-2-3-11(5-12)6-15/h2-5,7,9H,6,8,15H2,1H3,(H,18,19). The number of benzene rings is 1. The van der Waals surface area contributed by atoms with Crippen LogP contribution in [0.2, 0.25) is 0 Å². The van der Waals surface area contributed by atoms with Crippen molar-refractivity contribution in [3.05, 3.63) is 59.2 Å². The Hall–Kier alpha value is -2.27. The van der Waals surface area contributed by atoms with Crippen molar-refractivity contribution in [1.29, 1.82) is 0 Å². The summed E-state index contributed by atoms with van der Waals surface area (Å²) in [5, 5.41) is 2.80. The largest absolute Gasteiger partial charge is 0.347 e. The number of rotatable bonds is 4. The van der Waals surface area contributed by atoms with Crippen molar-refractivity contribution in [2.75, 3.05) is 0 Å². The molecule has 2 aromatic rings. The van der Waals surface area contributed by atoms with Gasteiger partial charge in [-0.25, -0.2) is 4.98 Å². The molecule has 5 heteroatoms. The van der Waals surface area contributed by atoms with Gasteiger partial charge in [0.05, 0.1) is 11.9 Å². The number of nitrogens with zero attached hydrogens (tertiary/aromatic N) is 2. The van der Waals surface area contributed by atoms with Crippen LogP contribution in [0.15, 0.2) is 36.7 Å². The summed E-state index contributed by atoms with van der Waals surface area (Å²) in [6, 6.07) is 7.80. The molecule has 1 aromatic carbocycles. The van der Waals surface area contributed by atoms with Crippen LogP contribution in [-0.2, 0) is 13.1 Å². The number of nitrogens with two attached hydrogens (primary N) is 1. The molecule has 0 atom stereocenters. The van der Waals surface area contributed by atoms with Crippen LogP contribution < -0.4 is 11.1 Å². The van der Waals surface area contributed by atoms with Gasteiger partial charge in [0, 0.05) is 19.3 Å². The third kappa shape index (κ3) is 3.59. The third-order valence-electron chi connectivity index (χ3n) is 2.69. The fourth-order valence-electron chi connectivity index (χ4n) is 1.65. The molecule has 5 nitrogen and oxygen atoms in total. The van der Waals surface area contributed by atoms with Crippen molar-refractivity contribution < 1.29 is 4.79 Å². The Morgan fingerprint density at radius 1 is 1.26 bits per heavy atom. The molecule has 0 radical (unpaired) electrons. The molecule has 3 N–H and O–H groups in total. The third-order valence-corrected chi connectivity index (χ3v) is 2.69. The van der Waals surface area contributed by atoms with Crippen molar-refractivity contribution in [1.82, 2.24) is 15.3 Å². The first-order chi connectivity index (χ1) is 9.19. The molecule has 0 unspecified atom stereocenters. The number of nitrogens with one attached hydrogen (secondary N) is 1. The molecule has 0 saturated heterocycles. The van der Waals surface area contributed by atoms with E-state index < -0.39 is 0 Å². The smallest absolute Gasteiger partial charge is 0.271 e. The topological polar surface area (TPSA) is 80.9 Å². The predicted octanol–water partition coefficient (Wildman–Crippen LogP) is 1.17. The molecule has 1 amide bonds. The van der Waals surface area contributed by atoms with Crippen LogP contribution in [0.5, 0.6) is 0 Å². The van der Waals surface area contributed by atoms with E-state index in [2.05, 4.69) is 15.3 Å². The van der Waals surface area contributed by atoms with Crippen LogP contribution in [0.4, 0.5) is 0 Å². The monoisotopic (exact) mass is 256 g/mol. The molecule has 2 rings (SSSR count). The first-order valence-electron chi connectivity index (χ1n) is 6.04. The zero-order valence-electron chi connectivity index (χ0n) is 10.8. The first-order valence-corrected chi connectivity index (χ1v) is 6.04. The molecule has 0 bridgehead atoms. The van der Waals surface area contributed by atoms with Gasteiger partial charge in [-0.15, -0.1) is 0 Å². The zero-order valence-corrected chi connectivity index (χ0v) is 10.8. The van der Waals surface area contributed by atoms with E-state index >= 15 is 0 Å². The summed E-state index contributed by atoms with van der Waals surface area (Å²) in [4.78, 5) is 19.9. The Labute approximate surface area is 111 Å². The van der Waals surface area contributed by atoms with Crippen molar-refractivity contribution in [3.8, 4) is 0 Å². The van der Waals surface area contributed by atoms with Gasteiger partial charge in [0.1, 0.15) is 5.69 Å². The maximum Gasteiger partial charge on any atom is 0.271 e. The maximum atomic E-state index is 11.8. The van der Waals surface area contributed by atoms with Crippen LogP contribution in [0.1, 0.15) is 27.3 Å². The van der Waals surface area contributed by atoms with Crippen molar-refractivity contribution in [2.45, 2.75) is 20.0 Å². The molecule has 0 aliphatic rings. The highest BCUT2D eigenvalue weighted by Crippen LogP contribution is 2.04. The molecule has 0 aliphatic heterocycles. The van der Waals surface area contributed by atoms with Crippen LogP contribution in [-0.4, -0.2) is 15.9 Å². The summed E-state index contributed by atoms with van der Waals surface area (Å²) in [5.74, 6) is -0.231. The fraction of sp³-hybridized carbons (Fsp3) is 0.214. The average molecular weight is 256 g/mol. The van der Waals surface area contributed by atoms with E-state index in [0.717, 1.165) is 16.8 Å². The van der Waals surface area contributed by atoms with Crippen LogP contribution in [0, 0.1) is 6.92 Å². The van der Waals surface area contributed by atoms with E-state index in [0.29, 0.717) is 18.8 Å². The second kappa shape index (κ2) is 6.06. The van der Waals surface area contributed by atoms with Gasteiger partial charge in [0.15, 0.2) is 0 Å². The van der Waals surface area contributed by atoms with E-state index in [1.807, 2.05) is 31.2 Å². The van der Waals surface area contributed by atoms with E-state index in [1.54, 1.807) is 6.20 Å². The summed E-state index contributed by atoms with van der Waals surface area (Å²) < 4.78 is 0. The van der Waals surface area contributed by atoms with Gasteiger partial charge in [-0.3, -0.25) is 9.78 Å². The second-order valence-corrected chi connectivity index (χ2v) is 4.25. The lowest BCUT2D eigenvalue weighted by Crippen LogP contribution is -2.24. The number of amides is 1. The molecule has 0 aliphatic carbocycles. The van der Waals surface area contributed by atoms with Crippen molar-refractivity contribution >= 4 is 5.91 Å². The number of carbonyl (C=O) groups excluding carboxylic acids is 1. The summed E-state index contributed by atoms with van der Waals surface area (Å²) in [6.07, 6.45) is 3.05. The highest BCUT2D eigenvalue weighted by Gasteiger charge is 2.06. The molecule has 0 saturated carbocycles. The number of hydrogen-bond acceptors (Lipinski definition) is 4. The minimum Gasteiger partial charge on any atom is -0.347 e. The number of carbonyl (C=O) groups is 1. The molecule has 98 valence electrons. The Morgan fingerprint density at radius 2 is 2.05 bits per heavy atom. The number of aryl methyl sites for hydroxylation is 1. The van der Waals surface area contributed by atoms with Crippen molar-refractivity contribution in [3.63, 3.8) is 0 Å². The predicted molar refractivity (Wildman–Crippen MR) is 72.3 cm³/mol. The Balaban J connectivity index is 1.98. The van der Waals surface area contributed by atoms with Gasteiger partial charge in [-0.05, 0) is 18.1 Å². The normalized spacial score (nSPS) is 10.2. The minimum atomic E-state index is -0.231. The van der Waals surface area contributed by atoms with Gasteiger partial charge < -0.3 is 11.1 Å². The molecule has 1 heterocycles. The average Bonchev–Trinajstić information content (AvgIpc) is 2.46. The number of aromatic nitrogens is 2. The Bertz CT molecular complexity index is 566. The highest BCUT2D eigenvalue weighted by atomic mass is 16.1. The quantitative estimate of drug-likeness (QED) is 0.860. The minimum absolute atomic E-state index is 0.231. The second-order valence-electron chi connectivity index (χ2n) is 4.25. The summed E-state index contributed by atoms with van der Waals surface area (Å²) >= 11 is 0. The van der Waals surface area contributed by atoms with E-state index in [1.165, 1.54) is 6.20 Å². The van der Waals surface area contributed by atoms with Gasteiger partial charge in [0.2, 0.25) is 0 Å². The zero-order chi connectivity index (χ0) is 13.7. The lowest BCUT2D eigenvalue weighted by atomic mass is 10.1. The summed E-state index contributed by atoms with van der Waals surface area (Å²) in [7, 11) is 0. The lowest BCUT2D eigenvalue weighted by Gasteiger charge is -2.06. The van der Waals surface area contributed by atoms with Crippen LogP contribution in [0.3, 0.4) is 0 Å². The lowest BCUT2D eigenvalue weighted by molar-refractivity contribution is 0.0945. The van der Waals surface area contributed by atoms with Crippen LogP contribution >= 0.6 is 0 Å². The van der Waals surface area contributed by atoms with E-state index in [9.17, 15) is 4.79 Å².